The molecule has 24 heavy (non-hydrogen) atoms. The van der Waals surface area contributed by atoms with Gasteiger partial charge in [-0.25, -0.2) is 0 Å². The van der Waals surface area contributed by atoms with Crippen LogP contribution in [0.2, 0.25) is 0 Å². The van der Waals surface area contributed by atoms with Gasteiger partial charge in [-0.2, -0.15) is 9.78 Å². The zero-order valence-electron chi connectivity index (χ0n) is 13.3. The lowest BCUT2D eigenvalue weighted by molar-refractivity contribution is 0.0686. The van der Waals surface area contributed by atoms with E-state index < -0.39 is 0 Å². The van der Waals surface area contributed by atoms with Gasteiger partial charge in [0, 0.05) is 12.7 Å². The Morgan fingerprint density at radius 3 is 2.29 bits per heavy atom. The van der Waals surface area contributed by atoms with Gasteiger partial charge in [-0.3, -0.25) is 4.79 Å². The van der Waals surface area contributed by atoms with Gasteiger partial charge < -0.3 is 10.1 Å². The molecule has 4 rings (SSSR count). The average Bonchev–Trinajstić information content (AvgIpc) is 3.03. The summed E-state index contributed by atoms with van der Waals surface area (Å²) in [6, 6.07) is 19.9. The summed E-state index contributed by atoms with van der Waals surface area (Å²) in [7, 11) is 1.59. The molecule has 0 bridgehead atoms. The van der Waals surface area contributed by atoms with Gasteiger partial charge in [0.2, 0.25) is 0 Å². The summed E-state index contributed by atoms with van der Waals surface area (Å²) >= 11 is 0. The van der Waals surface area contributed by atoms with E-state index in [0.717, 1.165) is 22.4 Å². The fourth-order valence-electron chi connectivity index (χ4n) is 3.00. The van der Waals surface area contributed by atoms with Crippen LogP contribution < -0.4 is 5.32 Å². The predicted octanol–water partition coefficient (Wildman–Crippen LogP) is 3.65. The summed E-state index contributed by atoms with van der Waals surface area (Å²) in [5.41, 5.74) is 3.68. The molecule has 0 spiro atoms. The quantitative estimate of drug-likeness (QED) is 0.800. The number of rotatable bonds is 3. The van der Waals surface area contributed by atoms with Crippen LogP contribution in [-0.4, -0.2) is 29.0 Å². The summed E-state index contributed by atoms with van der Waals surface area (Å²) in [4.78, 5) is 12.5. The second-order valence-corrected chi connectivity index (χ2v) is 5.68. The minimum atomic E-state index is -0.340. The topological polar surface area (TPSA) is 56.2 Å². The van der Waals surface area contributed by atoms with Crippen LogP contribution in [0, 0.1) is 0 Å². The fraction of sp³-hybridized carbons (Fsp3) is 0.158. The maximum Gasteiger partial charge on any atom is 0.253 e. The van der Waals surface area contributed by atoms with Crippen LogP contribution in [0.3, 0.4) is 0 Å². The summed E-state index contributed by atoms with van der Waals surface area (Å²) in [5.74, 6) is 0.609. The van der Waals surface area contributed by atoms with Gasteiger partial charge in [-0.15, -0.1) is 0 Å². The molecule has 1 N–H and O–H groups in total. The van der Waals surface area contributed by atoms with Crippen molar-refractivity contribution in [3.63, 3.8) is 0 Å². The first-order valence-electron chi connectivity index (χ1n) is 7.84. The molecule has 5 heteroatoms. The monoisotopic (exact) mass is 319 g/mol. The minimum Gasteiger partial charge on any atom is -0.361 e. The smallest absolute Gasteiger partial charge is 0.253 e. The van der Waals surface area contributed by atoms with Gasteiger partial charge in [0.15, 0.2) is 0 Å². The summed E-state index contributed by atoms with van der Waals surface area (Å²) in [6.45, 7) is 0. The van der Waals surface area contributed by atoms with E-state index in [1.165, 1.54) is 4.68 Å². The molecule has 0 fully saturated rings. The molecule has 1 unspecified atom stereocenters. The van der Waals surface area contributed by atoms with Gasteiger partial charge in [0.25, 0.3) is 5.91 Å². The first kappa shape index (κ1) is 14.7. The molecular formula is C19H17N3O2. The maximum absolute atomic E-state index is 12.5. The van der Waals surface area contributed by atoms with E-state index in [1.54, 1.807) is 7.11 Å². The van der Waals surface area contributed by atoms with Crippen LogP contribution in [0.1, 0.15) is 11.2 Å². The largest absolute Gasteiger partial charge is 0.361 e. The number of hydrogen-bond acceptors (Lipinski definition) is 4. The van der Waals surface area contributed by atoms with Crippen LogP contribution in [0.5, 0.6) is 0 Å². The number of benzene rings is 2. The molecule has 0 amide bonds. The highest BCUT2D eigenvalue weighted by Gasteiger charge is 2.31. The molecule has 0 radical (unpaired) electrons. The van der Waals surface area contributed by atoms with Crippen LogP contribution in [-0.2, 0) is 4.74 Å². The Balaban J connectivity index is 1.97. The number of nitrogens with zero attached hydrogens (tertiary/aromatic N) is 2. The Hall–Kier alpha value is -2.92. The molecule has 5 nitrogen and oxygen atoms in total. The standard InChI is InChI=1S/C19H17N3O2/c1-24-15-12-16(23)22-19(20-15)17(13-8-4-2-5-9-13)18(21-22)14-10-6-3-7-11-14/h2-11,15,20H,12H2,1H3. The molecule has 1 aromatic heterocycles. The molecule has 3 aromatic rings. The van der Waals surface area contributed by atoms with Crippen molar-refractivity contribution in [3.8, 4) is 22.4 Å². The Morgan fingerprint density at radius 2 is 1.67 bits per heavy atom. The normalized spacial score (nSPS) is 16.5. The van der Waals surface area contributed by atoms with Crippen molar-refractivity contribution in [2.24, 2.45) is 0 Å². The van der Waals surface area contributed by atoms with E-state index in [0.29, 0.717) is 5.82 Å². The van der Waals surface area contributed by atoms with Crippen molar-refractivity contribution in [3.05, 3.63) is 60.7 Å². The highest BCUT2D eigenvalue weighted by atomic mass is 16.5. The molecule has 120 valence electrons. The maximum atomic E-state index is 12.5. The lowest BCUT2D eigenvalue weighted by Gasteiger charge is -2.24. The molecular weight excluding hydrogens is 302 g/mol. The van der Waals surface area contributed by atoms with E-state index in [9.17, 15) is 4.79 Å². The van der Waals surface area contributed by atoms with Gasteiger partial charge >= 0.3 is 0 Å². The van der Waals surface area contributed by atoms with Gasteiger partial charge in [-0.05, 0) is 5.56 Å². The molecule has 1 aliphatic rings. The number of carbonyl (C=O) groups excluding carboxylic acids is 1. The van der Waals surface area contributed by atoms with Crippen LogP contribution in [0.15, 0.2) is 60.7 Å². The van der Waals surface area contributed by atoms with Crippen molar-refractivity contribution in [1.82, 2.24) is 9.78 Å². The van der Waals surface area contributed by atoms with E-state index in [4.69, 9.17) is 4.74 Å². The third-order valence-corrected chi connectivity index (χ3v) is 4.17. The molecule has 0 saturated carbocycles. The van der Waals surface area contributed by atoms with Crippen molar-refractivity contribution in [2.45, 2.75) is 12.6 Å². The molecule has 1 aliphatic heterocycles. The SMILES string of the molecule is COC1CC(=O)n2nc(-c3ccccc3)c(-c3ccccc3)c2N1. The highest BCUT2D eigenvalue weighted by Crippen LogP contribution is 2.39. The molecule has 0 saturated heterocycles. The number of methoxy groups -OCH3 is 1. The second-order valence-electron chi connectivity index (χ2n) is 5.68. The first-order chi connectivity index (χ1) is 11.8. The van der Waals surface area contributed by atoms with E-state index in [1.807, 2.05) is 60.7 Å². The van der Waals surface area contributed by atoms with E-state index in [-0.39, 0.29) is 18.6 Å². The van der Waals surface area contributed by atoms with Gasteiger partial charge in [0.1, 0.15) is 17.7 Å². The lowest BCUT2D eigenvalue weighted by Crippen LogP contribution is -2.35. The Kier molecular flexibility index (Phi) is 3.63. The molecule has 2 heterocycles. The second kappa shape index (κ2) is 5.94. The Bertz CT molecular complexity index is 872. The highest BCUT2D eigenvalue weighted by molar-refractivity contribution is 5.96. The Morgan fingerprint density at radius 1 is 1.04 bits per heavy atom. The average molecular weight is 319 g/mol. The van der Waals surface area contributed by atoms with Crippen LogP contribution >= 0.6 is 0 Å². The summed E-state index contributed by atoms with van der Waals surface area (Å²) in [5, 5.41) is 7.89. The number of carbonyl (C=O) groups is 1. The third-order valence-electron chi connectivity index (χ3n) is 4.17. The van der Waals surface area contributed by atoms with Crippen molar-refractivity contribution < 1.29 is 9.53 Å². The molecule has 1 atom stereocenters. The molecule has 0 aliphatic carbocycles. The number of hydrogen-bond donors (Lipinski definition) is 1. The Labute approximate surface area is 139 Å². The number of anilines is 1. The fourth-order valence-corrected chi connectivity index (χ4v) is 3.00. The predicted molar refractivity (Wildman–Crippen MR) is 92.8 cm³/mol. The van der Waals surface area contributed by atoms with Gasteiger partial charge in [-0.1, -0.05) is 60.7 Å². The number of ether oxygens (including phenoxy) is 1. The van der Waals surface area contributed by atoms with Crippen LogP contribution in [0.25, 0.3) is 22.4 Å². The van der Waals surface area contributed by atoms with Gasteiger partial charge in [0.05, 0.1) is 12.0 Å². The van der Waals surface area contributed by atoms with Crippen LogP contribution in [0.4, 0.5) is 5.82 Å². The van der Waals surface area contributed by atoms with E-state index >= 15 is 0 Å². The van der Waals surface area contributed by atoms with Crippen molar-refractivity contribution in [1.29, 1.82) is 0 Å². The first-order valence-corrected chi connectivity index (χ1v) is 7.84. The third kappa shape index (κ3) is 2.39. The summed E-state index contributed by atoms with van der Waals surface area (Å²) < 4.78 is 6.81. The molecule has 2 aromatic carbocycles. The number of aromatic nitrogens is 2. The van der Waals surface area contributed by atoms with E-state index in [2.05, 4.69) is 10.4 Å². The number of nitrogens with one attached hydrogen (secondary N) is 1. The summed E-state index contributed by atoms with van der Waals surface area (Å²) in [6.07, 6.45) is -0.0824. The van der Waals surface area contributed by atoms with Crippen molar-refractivity contribution >= 4 is 11.7 Å². The number of fused-ring (bicyclic) bond motifs is 1. The lowest BCUT2D eigenvalue weighted by atomic mass is 10.0. The minimum absolute atomic E-state index is 0.0741. The zero-order valence-corrected chi connectivity index (χ0v) is 13.3. The van der Waals surface area contributed by atoms with Crippen molar-refractivity contribution in [2.75, 3.05) is 12.4 Å². The zero-order chi connectivity index (χ0) is 16.5.